The van der Waals surface area contributed by atoms with Gasteiger partial charge in [0, 0.05) is 6.61 Å². The highest BCUT2D eigenvalue weighted by atomic mass is 16.5. The summed E-state index contributed by atoms with van der Waals surface area (Å²) >= 11 is 0. The number of rotatable bonds is 6. The lowest BCUT2D eigenvalue weighted by atomic mass is 9.88. The molecule has 0 radical (unpaired) electrons. The van der Waals surface area contributed by atoms with Crippen LogP contribution in [0.5, 0.6) is 0 Å². The number of esters is 1. The second kappa shape index (κ2) is 7.67. The molecule has 2 N–H and O–H groups in total. The van der Waals surface area contributed by atoms with Gasteiger partial charge < -0.3 is 15.2 Å². The molecule has 1 aliphatic rings. The van der Waals surface area contributed by atoms with Crippen LogP contribution >= 0.6 is 0 Å². The standard InChI is InChI=1S/C13H25NO3/c1-3-16-13(15)11(14)8-9-17-12-7-5-4-6-10(12)2/h10-12H,3-9,14H2,1-2H3. The summed E-state index contributed by atoms with van der Waals surface area (Å²) < 4.78 is 10.7. The molecule has 3 unspecified atom stereocenters. The summed E-state index contributed by atoms with van der Waals surface area (Å²) in [6.07, 6.45) is 5.83. The summed E-state index contributed by atoms with van der Waals surface area (Å²) in [6.45, 7) is 4.95. The first-order chi connectivity index (χ1) is 8.15. The van der Waals surface area contributed by atoms with Crippen molar-refractivity contribution in [3.05, 3.63) is 0 Å². The summed E-state index contributed by atoms with van der Waals surface area (Å²) in [5.74, 6) is 0.301. The number of nitrogens with two attached hydrogens (primary N) is 1. The summed E-state index contributed by atoms with van der Waals surface area (Å²) in [7, 11) is 0. The van der Waals surface area contributed by atoms with Gasteiger partial charge in [0.25, 0.3) is 0 Å². The topological polar surface area (TPSA) is 61.5 Å². The van der Waals surface area contributed by atoms with E-state index >= 15 is 0 Å². The Kier molecular flexibility index (Phi) is 6.52. The lowest BCUT2D eigenvalue weighted by Crippen LogP contribution is -2.34. The van der Waals surface area contributed by atoms with E-state index < -0.39 is 6.04 Å². The van der Waals surface area contributed by atoms with E-state index in [0.717, 1.165) is 6.42 Å². The van der Waals surface area contributed by atoms with Crippen molar-refractivity contribution in [1.82, 2.24) is 0 Å². The van der Waals surface area contributed by atoms with Crippen LogP contribution in [0.1, 0.15) is 46.0 Å². The fraction of sp³-hybridized carbons (Fsp3) is 0.923. The van der Waals surface area contributed by atoms with Crippen LogP contribution in [0.25, 0.3) is 0 Å². The van der Waals surface area contributed by atoms with Crippen LogP contribution in [-0.4, -0.2) is 31.3 Å². The third kappa shape index (κ3) is 5.04. The molecule has 1 fully saturated rings. The summed E-state index contributed by atoms with van der Waals surface area (Å²) in [5.41, 5.74) is 5.70. The average Bonchev–Trinajstić information content (AvgIpc) is 2.31. The Labute approximate surface area is 104 Å². The van der Waals surface area contributed by atoms with Crippen molar-refractivity contribution in [2.75, 3.05) is 13.2 Å². The Hall–Kier alpha value is -0.610. The minimum atomic E-state index is -0.547. The van der Waals surface area contributed by atoms with E-state index in [2.05, 4.69) is 6.92 Å². The Bertz CT molecular complexity index is 233. The van der Waals surface area contributed by atoms with Crippen LogP contribution in [-0.2, 0) is 14.3 Å². The molecule has 100 valence electrons. The molecule has 0 aliphatic heterocycles. The van der Waals surface area contributed by atoms with E-state index in [1.165, 1.54) is 19.3 Å². The molecule has 0 aromatic rings. The molecule has 1 rings (SSSR count). The van der Waals surface area contributed by atoms with E-state index in [1.807, 2.05) is 0 Å². The first-order valence-corrected chi connectivity index (χ1v) is 6.69. The first kappa shape index (κ1) is 14.5. The van der Waals surface area contributed by atoms with Gasteiger partial charge >= 0.3 is 5.97 Å². The van der Waals surface area contributed by atoms with Crippen LogP contribution < -0.4 is 5.73 Å². The highest BCUT2D eigenvalue weighted by molar-refractivity contribution is 5.75. The van der Waals surface area contributed by atoms with Gasteiger partial charge in [-0.1, -0.05) is 19.8 Å². The minimum absolute atomic E-state index is 0.326. The van der Waals surface area contributed by atoms with Gasteiger partial charge in [-0.15, -0.1) is 0 Å². The van der Waals surface area contributed by atoms with E-state index in [9.17, 15) is 4.79 Å². The predicted molar refractivity (Wildman–Crippen MR) is 66.6 cm³/mol. The maximum atomic E-state index is 11.3. The van der Waals surface area contributed by atoms with Gasteiger partial charge in [0.2, 0.25) is 0 Å². The number of carbonyl (C=O) groups is 1. The molecular weight excluding hydrogens is 218 g/mol. The van der Waals surface area contributed by atoms with E-state index in [4.69, 9.17) is 15.2 Å². The smallest absolute Gasteiger partial charge is 0.322 e. The van der Waals surface area contributed by atoms with Crippen molar-refractivity contribution < 1.29 is 14.3 Å². The molecule has 1 saturated carbocycles. The number of ether oxygens (including phenoxy) is 2. The van der Waals surface area contributed by atoms with Crippen molar-refractivity contribution in [2.45, 2.75) is 58.1 Å². The van der Waals surface area contributed by atoms with Crippen LogP contribution in [0.3, 0.4) is 0 Å². The average molecular weight is 243 g/mol. The zero-order valence-corrected chi connectivity index (χ0v) is 11.0. The molecule has 0 spiro atoms. The van der Waals surface area contributed by atoms with Crippen LogP contribution in [0.15, 0.2) is 0 Å². The number of hydrogen-bond acceptors (Lipinski definition) is 4. The van der Waals surface area contributed by atoms with Crippen LogP contribution in [0, 0.1) is 5.92 Å². The molecule has 3 atom stereocenters. The highest BCUT2D eigenvalue weighted by Gasteiger charge is 2.22. The molecule has 1 aliphatic carbocycles. The van der Waals surface area contributed by atoms with Gasteiger partial charge in [0.15, 0.2) is 0 Å². The third-order valence-corrected chi connectivity index (χ3v) is 3.38. The maximum absolute atomic E-state index is 11.3. The Morgan fingerprint density at radius 1 is 1.41 bits per heavy atom. The van der Waals surface area contributed by atoms with Crippen LogP contribution in [0.2, 0.25) is 0 Å². The Balaban J connectivity index is 2.15. The van der Waals surface area contributed by atoms with Gasteiger partial charge in [-0.3, -0.25) is 4.79 Å². The molecule has 0 bridgehead atoms. The normalized spacial score (nSPS) is 26.5. The first-order valence-electron chi connectivity index (χ1n) is 6.69. The maximum Gasteiger partial charge on any atom is 0.322 e. The summed E-state index contributed by atoms with van der Waals surface area (Å²) in [4.78, 5) is 11.3. The highest BCUT2D eigenvalue weighted by Crippen LogP contribution is 2.26. The SMILES string of the molecule is CCOC(=O)C(N)CCOC1CCCCC1C. The van der Waals surface area contributed by atoms with Crippen molar-refractivity contribution in [2.24, 2.45) is 11.7 Å². The zero-order valence-electron chi connectivity index (χ0n) is 11.0. The van der Waals surface area contributed by atoms with Crippen molar-refractivity contribution in [3.8, 4) is 0 Å². The molecule has 4 heteroatoms. The van der Waals surface area contributed by atoms with E-state index in [-0.39, 0.29) is 5.97 Å². The Morgan fingerprint density at radius 3 is 2.76 bits per heavy atom. The van der Waals surface area contributed by atoms with Gasteiger partial charge in [-0.25, -0.2) is 0 Å². The molecule has 17 heavy (non-hydrogen) atoms. The van der Waals surface area contributed by atoms with Crippen LogP contribution in [0.4, 0.5) is 0 Å². The van der Waals surface area contributed by atoms with E-state index in [1.54, 1.807) is 6.92 Å². The molecular formula is C13H25NO3. The number of carbonyl (C=O) groups excluding carboxylic acids is 1. The fourth-order valence-electron chi connectivity index (χ4n) is 2.24. The largest absolute Gasteiger partial charge is 0.465 e. The summed E-state index contributed by atoms with van der Waals surface area (Å²) in [6, 6.07) is -0.547. The van der Waals surface area contributed by atoms with Gasteiger partial charge in [0.1, 0.15) is 6.04 Å². The van der Waals surface area contributed by atoms with Gasteiger partial charge in [0.05, 0.1) is 12.7 Å². The zero-order chi connectivity index (χ0) is 12.7. The van der Waals surface area contributed by atoms with Gasteiger partial charge in [-0.05, 0) is 32.1 Å². The van der Waals surface area contributed by atoms with E-state index in [0.29, 0.717) is 31.7 Å². The van der Waals surface area contributed by atoms with Gasteiger partial charge in [-0.2, -0.15) is 0 Å². The fourth-order valence-corrected chi connectivity index (χ4v) is 2.24. The molecule has 0 amide bonds. The third-order valence-electron chi connectivity index (χ3n) is 3.38. The van der Waals surface area contributed by atoms with Crippen molar-refractivity contribution in [1.29, 1.82) is 0 Å². The molecule has 0 aromatic carbocycles. The van der Waals surface area contributed by atoms with Crippen molar-refractivity contribution in [3.63, 3.8) is 0 Å². The van der Waals surface area contributed by atoms with Crippen molar-refractivity contribution >= 4 is 5.97 Å². The molecule has 0 saturated heterocycles. The second-order valence-electron chi connectivity index (χ2n) is 4.82. The predicted octanol–water partition coefficient (Wildman–Crippen LogP) is 1.86. The summed E-state index contributed by atoms with van der Waals surface area (Å²) in [5, 5.41) is 0. The molecule has 0 aromatic heterocycles. The molecule has 0 heterocycles. The quantitative estimate of drug-likeness (QED) is 0.723. The number of hydrogen-bond donors (Lipinski definition) is 1. The monoisotopic (exact) mass is 243 g/mol. The molecule has 4 nitrogen and oxygen atoms in total. The lowest BCUT2D eigenvalue weighted by Gasteiger charge is -2.29. The second-order valence-corrected chi connectivity index (χ2v) is 4.82. The lowest BCUT2D eigenvalue weighted by molar-refractivity contribution is -0.145. The minimum Gasteiger partial charge on any atom is -0.465 e. The Morgan fingerprint density at radius 2 is 2.12 bits per heavy atom.